The third-order valence-corrected chi connectivity index (χ3v) is 2.48. The first kappa shape index (κ1) is 10.5. The van der Waals surface area contributed by atoms with E-state index in [1.165, 1.54) is 0 Å². The Balaban J connectivity index is 2.14. The van der Waals surface area contributed by atoms with Crippen molar-refractivity contribution >= 4 is 11.5 Å². The molecule has 0 fully saturated rings. The molecule has 6 heteroatoms. The fraction of sp³-hybridized carbons (Fsp3) is 0.400. The Labute approximate surface area is 93.8 Å². The van der Waals surface area contributed by atoms with Crippen LogP contribution in [0.25, 0.3) is 0 Å². The molecule has 0 aromatic carbocycles. The van der Waals surface area contributed by atoms with Crippen molar-refractivity contribution in [3.8, 4) is 0 Å². The first-order chi connectivity index (χ1) is 7.72. The number of H-pyrrole nitrogens is 1. The minimum absolute atomic E-state index is 0.662. The molecule has 0 saturated carbocycles. The lowest BCUT2D eigenvalue weighted by Gasteiger charge is -2.07. The van der Waals surface area contributed by atoms with Crippen LogP contribution in [0.2, 0.25) is 0 Å². The number of anilines is 2. The molecule has 0 radical (unpaired) electrons. The molecule has 4 N–H and O–H groups in total. The van der Waals surface area contributed by atoms with Gasteiger partial charge in [0.05, 0.1) is 23.6 Å². The van der Waals surface area contributed by atoms with Gasteiger partial charge >= 0.3 is 0 Å². The summed E-state index contributed by atoms with van der Waals surface area (Å²) < 4.78 is 1.86. The summed E-state index contributed by atoms with van der Waals surface area (Å²) in [7, 11) is 0. The molecule has 2 aromatic heterocycles. The van der Waals surface area contributed by atoms with E-state index in [1.54, 1.807) is 6.20 Å². The highest BCUT2D eigenvalue weighted by atomic mass is 15.3. The Bertz CT molecular complexity index is 456. The van der Waals surface area contributed by atoms with Gasteiger partial charge < -0.3 is 11.1 Å². The van der Waals surface area contributed by atoms with E-state index >= 15 is 0 Å². The second kappa shape index (κ2) is 4.26. The summed E-state index contributed by atoms with van der Waals surface area (Å²) in [4.78, 5) is 0. The summed E-state index contributed by atoms with van der Waals surface area (Å²) >= 11 is 0. The Morgan fingerprint density at radius 3 is 3.00 bits per heavy atom. The molecule has 0 aliphatic rings. The number of nitrogens with one attached hydrogen (secondary N) is 2. The molecule has 0 aliphatic heterocycles. The lowest BCUT2D eigenvalue weighted by atomic mass is 10.3. The monoisotopic (exact) mass is 220 g/mol. The summed E-state index contributed by atoms with van der Waals surface area (Å²) in [5.74, 6) is 0.870. The lowest BCUT2D eigenvalue weighted by Crippen LogP contribution is -2.08. The van der Waals surface area contributed by atoms with Crippen molar-refractivity contribution in [3.63, 3.8) is 0 Å². The van der Waals surface area contributed by atoms with Gasteiger partial charge in [-0.2, -0.15) is 10.2 Å². The van der Waals surface area contributed by atoms with Gasteiger partial charge in [-0.15, -0.1) is 0 Å². The van der Waals surface area contributed by atoms with Crippen molar-refractivity contribution in [1.82, 2.24) is 20.0 Å². The van der Waals surface area contributed by atoms with Crippen LogP contribution in [-0.2, 0) is 13.1 Å². The van der Waals surface area contributed by atoms with Crippen molar-refractivity contribution in [2.75, 3.05) is 11.1 Å². The van der Waals surface area contributed by atoms with Gasteiger partial charge in [0.25, 0.3) is 0 Å². The van der Waals surface area contributed by atoms with E-state index in [9.17, 15) is 0 Å². The summed E-state index contributed by atoms with van der Waals surface area (Å²) in [6, 6.07) is 1.92. The van der Waals surface area contributed by atoms with Gasteiger partial charge in [0.2, 0.25) is 0 Å². The molecule has 2 heterocycles. The molecular formula is C10H16N6. The van der Waals surface area contributed by atoms with Gasteiger partial charge in [-0.25, -0.2) is 4.68 Å². The molecule has 0 unspecified atom stereocenters. The zero-order chi connectivity index (χ0) is 11.5. The van der Waals surface area contributed by atoms with E-state index in [2.05, 4.69) is 20.6 Å². The van der Waals surface area contributed by atoms with Gasteiger partial charge in [-0.1, -0.05) is 0 Å². The number of hydrogen-bond donors (Lipinski definition) is 3. The average molecular weight is 220 g/mol. The zero-order valence-corrected chi connectivity index (χ0v) is 9.49. The normalized spacial score (nSPS) is 10.6. The smallest absolute Gasteiger partial charge is 0.148 e. The van der Waals surface area contributed by atoms with Crippen LogP contribution in [0.4, 0.5) is 11.5 Å². The number of nitrogens with zero attached hydrogens (tertiary/aromatic N) is 3. The van der Waals surface area contributed by atoms with Crippen LogP contribution in [0.1, 0.15) is 18.3 Å². The minimum atomic E-state index is 0.662. The summed E-state index contributed by atoms with van der Waals surface area (Å²) in [6.07, 6.45) is 1.72. The number of rotatable bonds is 4. The van der Waals surface area contributed by atoms with E-state index in [1.807, 2.05) is 24.6 Å². The van der Waals surface area contributed by atoms with Gasteiger partial charge in [0, 0.05) is 12.7 Å². The number of aryl methyl sites for hydroxylation is 2. The second-order valence-electron chi connectivity index (χ2n) is 3.60. The highest BCUT2D eigenvalue weighted by Gasteiger charge is 2.10. The summed E-state index contributed by atoms with van der Waals surface area (Å²) in [5.41, 5.74) is 8.53. The van der Waals surface area contributed by atoms with Crippen LogP contribution >= 0.6 is 0 Å². The van der Waals surface area contributed by atoms with Crippen LogP contribution in [0.3, 0.4) is 0 Å². The van der Waals surface area contributed by atoms with E-state index in [0.717, 1.165) is 23.8 Å². The average Bonchev–Trinajstić information content (AvgIpc) is 2.87. The van der Waals surface area contributed by atoms with Crippen molar-refractivity contribution in [1.29, 1.82) is 0 Å². The minimum Gasteiger partial charge on any atom is -0.394 e. The predicted octanol–water partition coefficient (Wildman–Crippen LogP) is 1.13. The van der Waals surface area contributed by atoms with Crippen LogP contribution in [-0.4, -0.2) is 20.0 Å². The SMILES string of the molecule is CCn1nc(C)c(N)c1NCc1ccn[nH]1. The standard InChI is InChI=1S/C10H16N6/c1-3-16-10(9(11)7(2)15-16)12-6-8-4-5-13-14-8/h4-5,12H,3,6,11H2,1-2H3,(H,13,14). The number of nitrogens with two attached hydrogens (primary N) is 1. The third-order valence-electron chi connectivity index (χ3n) is 2.48. The van der Waals surface area contributed by atoms with E-state index in [4.69, 9.17) is 5.73 Å². The molecule has 0 amide bonds. The zero-order valence-electron chi connectivity index (χ0n) is 9.49. The quantitative estimate of drug-likeness (QED) is 0.721. The second-order valence-corrected chi connectivity index (χ2v) is 3.60. The Kier molecular flexibility index (Phi) is 2.80. The number of hydrogen-bond acceptors (Lipinski definition) is 4. The van der Waals surface area contributed by atoms with E-state index in [-0.39, 0.29) is 0 Å². The van der Waals surface area contributed by atoms with Crippen LogP contribution in [0, 0.1) is 6.92 Å². The highest BCUT2D eigenvalue weighted by molar-refractivity contribution is 5.64. The van der Waals surface area contributed by atoms with Gasteiger partial charge in [0.15, 0.2) is 0 Å². The van der Waals surface area contributed by atoms with E-state index < -0.39 is 0 Å². The largest absolute Gasteiger partial charge is 0.394 e. The molecule has 0 aliphatic carbocycles. The maximum absolute atomic E-state index is 5.95. The van der Waals surface area contributed by atoms with Gasteiger partial charge in [0.1, 0.15) is 5.82 Å². The van der Waals surface area contributed by atoms with Gasteiger partial charge in [-0.3, -0.25) is 5.10 Å². The maximum Gasteiger partial charge on any atom is 0.148 e. The fourth-order valence-corrected chi connectivity index (χ4v) is 1.57. The highest BCUT2D eigenvalue weighted by Crippen LogP contribution is 2.22. The lowest BCUT2D eigenvalue weighted by molar-refractivity contribution is 0.657. The first-order valence-electron chi connectivity index (χ1n) is 5.27. The Morgan fingerprint density at radius 2 is 2.38 bits per heavy atom. The summed E-state index contributed by atoms with van der Waals surface area (Å²) in [6.45, 7) is 5.40. The van der Waals surface area contributed by atoms with Gasteiger partial charge in [-0.05, 0) is 19.9 Å². The first-order valence-corrected chi connectivity index (χ1v) is 5.27. The number of aromatic nitrogens is 4. The summed E-state index contributed by atoms with van der Waals surface area (Å²) in [5, 5.41) is 14.4. The number of nitrogen functional groups attached to an aromatic ring is 1. The van der Waals surface area contributed by atoms with Crippen LogP contribution in [0.5, 0.6) is 0 Å². The van der Waals surface area contributed by atoms with Crippen molar-refractivity contribution in [3.05, 3.63) is 23.7 Å². The molecule has 2 aromatic rings. The molecule has 86 valence electrons. The Morgan fingerprint density at radius 1 is 1.56 bits per heavy atom. The third kappa shape index (κ3) is 1.86. The maximum atomic E-state index is 5.95. The van der Waals surface area contributed by atoms with E-state index in [0.29, 0.717) is 12.2 Å². The molecule has 2 rings (SSSR count). The molecule has 6 nitrogen and oxygen atoms in total. The molecule has 0 spiro atoms. The topological polar surface area (TPSA) is 84.6 Å². The molecule has 0 atom stereocenters. The molecule has 0 bridgehead atoms. The number of aromatic amines is 1. The van der Waals surface area contributed by atoms with Crippen molar-refractivity contribution in [2.24, 2.45) is 0 Å². The molecule has 0 saturated heterocycles. The van der Waals surface area contributed by atoms with Crippen molar-refractivity contribution < 1.29 is 0 Å². The fourth-order valence-electron chi connectivity index (χ4n) is 1.57. The Hall–Kier alpha value is -1.98. The van der Waals surface area contributed by atoms with Crippen LogP contribution < -0.4 is 11.1 Å². The van der Waals surface area contributed by atoms with Crippen LogP contribution in [0.15, 0.2) is 12.3 Å². The van der Waals surface area contributed by atoms with Crippen molar-refractivity contribution in [2.45, 2.75) is 26.9 Å². The molecular weight excluding hydrogens is 204 g/mol. The molecule has 16 heavy (non-hydrogen) atoms. The predicted molar refractivity (Wildman–Crippen MR) is 63.0 cm³/mol.